The Hall–Kier alpha value is -2.69. The molecule has 5 atom stereocenters. The van der Waals surface area contributed by atoms with Gasteiger partial charge in [0.1, 0.15) is 5.82 Å². The van der Waals surface area contributed by atoms with E-state index in [-0.39, 0.29) is 5.56 Å². The van der Waals surface area contributed by atoms with Gasteiger partial charge in [0.15, 0.2) is 0 Å². The summed E-state index contributed by atoms with van der Waals surface area (Å²) in [6.45, 7) is 4.87. The van der Waals surface area contributed by atoms with Crippen LogP contribution in [0.4, 0.5) is 0 Å². The highest BCUT2D eigenvalue weighted by Gasteiger charge is 2.54. The lowest BCUT2D eigenvalue weighted by Crippen LogP contribution is -2.14. The molecule has 5 heteroatoms. The van der Waals surface area contributed by atoms with Crippen LogP contribution < -0.4 is 10.3 Å². The molecular weight excluding hydrogens is 350 g/mol. The zero-order valence-corrected chi connectivity index (χ0v) is 16.5. The van der Waals surface area contributed by atoms with Crippen molar-refractivity contribution in [3.8, 4) is 17.0 Å². The molecule has 2 fully saturated rings. The Morgan fingerprint density at radius 3 is 3.04 bits per heavy atom. The Bertz CT molecular complexity index is 1050. The minimum atomic E-state index is -0.0586. The van der Waals surface area contributed by atoms with Crippen LogP contribution in [0, 0.1) is 36.5 Å². The van der Waals surface area contributed by atoms with Gasteiger partial charge in [0.2, 0.25) is 5.88 Å². The average Bonchev–Trinajstić information content (AvgIpc) is 3.59. The van der Waals surface area contributed by atoms with E-state index in [4.69, 9.17) is 4.74 Å². The van der Waals surface area contributed by atoms with Gasteiger partial charge < -0.3 is 9.30 Å². The molecule has 0 amide bonds. The number of rotatable bonds is 5. The molecule has 5 rings (SSSR count). The first-order valence-electron chi connectivity index (χ1n) is 10.0. The van der Waals surface area contributed by atoms with Crippen molar-refractivity contribution in [2.45, 2.75) is 20.3 Å². The lowest BCUT2D eigenvalue weighted by Gasteiger charge is -2.12. The molecule has 28 heavy (non-hydrogen) atoms. The molecule has 0 aliphatic heterocycles. The predicted octanol–water partition coefficient (Wildman–Crippen LogP) is 3.54. The Morgan fingerprint density at radius 1 is 1.36 bits per heavy atom. The summed E-state index contributed by atoms with van der Waals surface area (Å²) >= 11 is 0. The van der Waals surface area contributed by atoms with Crippen molar-refractivity contribution in [1.29, 1.82) is 0 Å². The second kappa shape index (κ2) is 6.43. The molecule has 0 bridgehead atoms. The average molecular weight is 375 g/mol. The van der Waals surface area contributed by atoms with Crippen LogP contribution in [-0.4, -0.2) is 21.1 Å². The van der Waals surface area contributed by atoms with Crippen LogP contribution in [-0.2, 0) is 7.05 Å². The van der Waals surface area contributed by atoms with E-state index in [1.807, 2.05) is 13.0 Å². The second-order valence-electron chi connectivity index (χ2n) is 8.43. The SMILES string of the molecule is Cc1ncc(-c2ccn(C)c(=O)c2)c(OCC2CC2C2=CC=CC3C(C)C23)n1. The number of hydrogen-bond donors (Lipinski definition) is 0. The second-order valence-corrected chi connectivity index (χ2v) is 8.43. The molecular formula is C23H25N3O2. The summed E-state index contributed by atoms with van der Waals surface area (Å²) in [5, 5.41) is 0. The number of aromatic nitrogens is 3. The van der Waals surface area contributed by atoms with E-state index in [0.29, 0.717) is 30.1 Å². The summed E-state index contributed by atoms with van der Waals surface area (Å²) in [4.78, 5) is 20.8. The topological polar surface area (TPSA) is 57.0 Å². The summed E-state index contributed by atoms with van der Waals surface area (Å²) < 4.78 is 7.71. The summed E-state index contributed by atoms with van der Waals surface area (Å²) in [5.41, 5.74) is 3.13. The minimum Gasteiger partial charge on any atom is -0.477 e. The third-order valence-electron chi connectivity index (χ3n) is 6.53. The summed E-state index contributed by atoms with van der Waals surface area (Å²) in [5.74, 6) is 4.77. The maximum Gasteiger partial charge on any atom is 0.250 e. The third kappa shape index (κ3) is 2.99. The van der Waals surface area contributed by atoms with Gasteiger partial charge in [0.05, 0.1) is 12.2 Å². The molecule has 0 saturated heterocycles. The maximum atomic E-state index is 12.0. The number of hydrogen-bond acceptors (Lipinski definition) is 4. The molecule has 0 N–H and O–H groups in total. The molecule has 5 unspecified atom stereocenters. The summed E-state index contributed by atoms with van der Waals surface area (Å²) in [6, 6.07) is 3.50. The maximum absolute atomic E-state index is 12.0. The summed E-state index contributed by atoms with van der Waals surface area (Å²) in [7, 11) is 1.74. The van der Waals surface area contributed by atoms with Crippen molar-refractivity contribution in [2.75, 3.05) is 6.61 Å². The van der Waals surface area contributed by atoms with E-state index in [1.54, 1.807) is 35.6 Å². The van der Waals surface area contributed by atoms with Crippen molar-refractivity contribution in [2.24, 2.45) is 36.6 Å². The van der Waals surface area contributed by atoms with Crippen LogP contribution in [0.2, 0.25) is 0 Å². The molecule has 0 spiro atoms. The van der Waals surface area contributed by atoms with E-state index >= 15 is 0 Å². The highest BCUT2D eigenvalue weighted by atomic mass is 16.5. The molecule has 0 aromatic carbocycles. The van der Waals surface area contributed by atoms with E-state index in [2.05, 4.69) is 35.1 Å². The standard InChI is InChI=1S/C23H25N3O2/c1-13-17-5-4-6-18(22(13)17)19-9-16(19)12-28-23-20(11-24-14(2)25-23)15-7-8-26(3)21(27)10-15/h4-8,10-11,13,16-17,19,22H,9,12H2,1-3H3. The number of ether oxygens (including phenoxy) is 1. The van der Waals surface area contributed by atoms with Gasteiger partial charge in [-0.15, -0.1) is 0 Å². The van der Waals surface area contributed by atoms with Crippen molar-refractivity contribution in [3.63, 3.8) is 0 Å². The van der Waals surface area contributed by atoms with Crippen LogP contribution in [0.15, 0.2) is 53.1 Å². The number of pyridine rings is 1. The number of aryl methyl sites for hydroxylation is 2. The first-order valence-corrected chi connectivity index (χ1v) is 10.0. The lowest BCUT2D eigenvalue weighted by atomic mass is 9.99. The van der Waals surface area contributed by atoms with Crippen LogP contribution >= 0.6 is 0 Å². The van der Waals surface area contributed by atoms with E-state index in [1.165, 1.54) is 6.42 Å². The highest BCUT2D eigenvalue weighted by molar-refractivity contribution is 5.67. The van der Waals surface area contributed by atoms with Crippen molar-refractivity contribution >= 4 is 0 Å². The molecule has 2 heterocycles. The lowest BCUT2D eigenvalue weighted by molar-refractivity contribution is 0.283. The van der Waals surface area contributed by atoms with Gasteiger partial charge in [-0.25, -0.2) is 4.98 Å². The molecule has 3 aliphatic carbocycles. The van der Waals surface area contributed by atoms with Crippen LogP contribution in [0.1, 0.15) is 19.2 Å². The zero-order chi connectivity index (χ0) is 19.4. The fourth-order valence-electron chi connectivity index (χ4n) is 4.59. The largest absolute Gasteiger partial charge is 0.477 e. The monoisotopic (exact) mass is 375 g/mol. The Labute approximate surface area is 164 Å². The minimum absolute atomic E-state index is 0.0586. The van der Waals surface area contributed by atoms with E-state index < -0.39 is 0 Å². The third-order valence-corrected chi connectivity index (χ3v) is 6.53. The van der Waals surface area contributed by atoms with Crippen LogP contribution in [0.25, 0.3) is 11.1 Å². The van der Waals surface area contributed by atoms with Crippen LogP contribution in [0.5, 0.6) is 5.88 Å². The van der Waals surface area contributed by atoms with Gasteiger partial charge in [-0.2, -0.15) is 4.98 Å². The first kappa shape index (κ1) is 17.4. The van der Waals surface area contributed by atoms with E-state index in [0.717, 1.165) is 28.9 Å². The van der Waals surface area contributed by atoms with Gasteiger partial charge in [-0.3, -0.25) is 4.79 Å². The van der Waals surface area contributed by atoms with E-state index in [9.17, 15) is 4.79 Å². The van der Waals surface area contributed by atoms with Crippen molar-refractivity contribution in [3.05, 3.63) is 64.5 Å². The molecule has 2 aromatic heterocycles. The van der Waals surface area contributed by atoms with Crippen molar-refractivity contribution in [1.82, 2.24) is 14.5 Å². The molecule has 3 aliphatic rings. The first-order chi connectivity index (χ1) is 13.5. The van der Waals surface area contributed by atoms with Gasteiger partial charge in [0.25, 0.3) is 5.56 Å². The molecule has 2 saturated carbocycles. The molecule has 144 valence electrons. The number of allylic oxidation sites excluding steroid dienone is 4. The zero-order valence-electron chi connectivity index (χ0n) is 16.5. The molecule has 0 radical (unpaired) electrons. The Kier molecular flexibility index (Phi) is 4.00. The predicted molar refractivity (Wildman–Crippen MR) is 108 cm³/mol. The van der Waals surface area contributed by atoms with Gasteiger partial charge in [-0.05, 0) is 48.6 Å². The van der Waals surface area contributed by atoms with Gasteiger partial charge in [0, 0.05) is 31.4 Å². The number of nitrogens with zero attached hydrogens (tertiary/aromatic N) is 3. The smallest absolute Gasteiger partial charge is 0.250 e. The quantitative estimate of drug-likeness (QED) is 0.802. The Morgan fingerprint density at radius 2 is 2.21 bits per heavy atom. The number of fused-ring (bicyclic) bond motifs is 1. The van der Waals surface area contributed by atoms with Crippen molar-refractivity contribution < 1.29 is 4.74 Å². The fourth-order valence-corrected chi connectivity index (χ4v) is 4.59. The molecule has 2 aromatic rings. The van der Waals surface area contributed by atoms with Gasteiger partial charge in [-0.1, -0.05) is 30.7 Å². The van der Waals surface area contributed by atoms with Gasteiger partial charge >= 0.3 is 0 Å². The summed E-state index contributed by atoms with van der Waals surface area (Å²) in [6.07, 6.45) is 11.6. The Balaban J connectivity index is 1.32. The highest BCUT2D eigenvalue weighted by Crippen LogP contribution is 2.60. The normalized spacial score (nSPS) is 29.8. The molecule has 5 nitrogen and oxygen atoms in total. The fraction of sp³-hybridized carbons (Fsp3) is 0.435. The van der Waals surface area contributed by atoms with Crippen LogP contribution in [0.3, 0.4) is 0 Å².